The third-order valence-corrected chi connectivity index (χ3v) is 4.08. The number of morpholine rings is 1. The zero-order valence-corrected chi connectivity index (χ0v) is 13.5. The first kappa shape index (κ1) is 16.3. The Morgan fingerprint density at radius 2 is 2.24 bits per heavy atom. The molecule has 0 saturated carbocycles. The van der Waals surface area contributed by atoms with Crippen LogP contribution >= 0.6 is 0 Å². The second-order valence-electron chi connectivity index (χ2n) is 5.71. The molecule has 2 atom stereocenters. The molecule has 0 bridgehead atoms. The Hall–Kier alpha value is -1.10. The van der Waals surface area contributed by atoms with Gasteiger partial charge in [0, 0.05) is 25.7 Å². The molecular weight excluding hydrogens is 264 g/mol. The standard InChI is InChI=1S/C17H28N2O2/c1-4-19-9-10-21-16(13-19)12-18-14(2)11-15-7-5-6-8-17(15)20-3/h5-8,14,16,18H,4,9-13H2,1-3H3. The van der Waals surface area contributed by atoms with E-state index in [1.165, 1.54) is 5.56 Å². The normalized spacial score (nSPS) is 21.2. The molecule has 118 valence electrons. The zero-order chi connectivity index (χ0) is 15.1. The van der Waals surface area contributed by atoms with E-state index in [1.807, 2.05) is 12.1 Å². The van der Waals surface area contributed by atoms with Crippen molar-refractivity contribution < 1.29 is 9.47 Å². The number of nitrogens with zero attached hydrogens (tertiary/aromatic N) is 1. The van der Waals surface area contributed by atoms with Crippen LogP contribution in [-0.4, -0.2) is 56.9 Å². The van der Waals surface area contributed by atoms with Gasteiger partial charge in [-0.15, -0.1) is 0 Å². The number of rotatable bonds is 7. The molecule has 2 unspecified atom stereocenters. The topological polar surface area (TPSA) is 33.7 Å². The third-order valence-electron chi connectivity index (χ3n) is 4.08. The predicted octanol–water partition coefficient (Wildman–Crippen LogP) is 1.94. The van der Waals surface area contributed by atoms with E-state index in [0.717, 1.165) is 45.0 Å². The van der Waals surface area contributed by atoms with Gasteiger partial charge in [0.05, 0.1) is 19.8 Å². The van der Waals surface area contributed by atoms with Gasteiger partial charge in [0.15, 0.2) is 0 Å². The Kier molecular flexibility index (Phi) is 6.49. The Morgan fingerprint density at radius 3 is 3.00 bits per heavy atom. The SMILES string of the molecule is CCN1CCOC(CNC(C)Cc2ccccc2OC)C1. The number of nitrogens with one attached hydrogen (secondary N) is 1. The van der Waals surface area contributed by atoms with E-state index >= 15 is 0 Å². The van der Waals surface area contributed by atoms with Crippen molar-refractivity contribution in [3.63, 3.8) is 0 Å². The molecule has 1 aromatic rings. The van der Waals surface area contributed by atoms with Crippen LogP contribution in [0.4, 0.5) is 0 Å². The maximum Gasteiger partial charge on any atom is 0.122 e. The van der Waals surface area contributed by atoms with Crippen molar-refractivity contribution in [2.45, 2.75) is 32.4 Å². The lowest BCUT2D eigenvalue weighted by Crippen LogP contribution is -2.47. The van der Waals surface area contributed by atoms with E-state index in [0.29, 0.717) is 12.1 Å². The molecular formula is C17H28N2O2. The maximum atomic E-state index is 5.83. The highest BCUT2D eigenvalue weighted by Crippen LogP contribution is 2.18. The molecule has 0 aromatic heterocycles. The summed E-state index contributed by atoms with van der Waals surface area (Å²) < 4.78 is 11.2. The van der Waals surface area contributed by atoms with Crippen molar-refractivity contribution >= 4 is 0 Å². The van der Waals surface area contributed by atoms with Gasteiger partial charge in [-0.05, 0) is 31.5 Å². The number of hydrogen-bond donors (Lipinski definition) is 1. The van der Waals surface area contributed by atoms with Crippen LogP contribution in [0.15, 0.2) is 24.3 Å². The lowest BCUT2D eigenvalue weighted by atomic mass is 10.1. The Morgan fingerprint density at radius 1 is 1.43 bits per heavy atom. The highest BCUT2D eigenvalue weighted by Gasteiger charge is 2.19. The van der Waals surface area contributed by atoms with Crippen molar-refractivity contribution in [2.75, 3.05) is 39.9 Å². The van der Waals surface area contributed by atoms with Crippen LogP contribution in [-0.2, 0) is 11.2 Å². The quantitative estimate of drug-likeness (QED) is 0.833. The van der Waals surface area contributed by atoms with E-state index in [4.69, 9.17) is 9.47 Å². The largest absolute Gasteiger partial charge is 0.496 e. The molecule has 0 aliphatic carbocycles. The maximum absolute atomic E-state index is 5.83. The summed E-state index contributed by atoms with van der Waals surface area (Å²) in [4.78, 5) is 2.45. The van der Waals surface area contributed by atoms with Crippen LogP contribution in [0.5, 0.6) is 5.75 Å². The summed E-state index contributed by atoms with van der Waals surface area (Å²) >= 11 is 0. The average Bonchev–Trinajstić information content (AvgIpc) is 2.53. The van der Waals surface area contributed by atoms with Crippen LogP contribution in [0.3, 0.4) is 0 Å². The first-order valence-electron chi connectivity index (χ1n) is 7.92. The molecule has 2 rings (SSSR count). The number of likely N-dealkylation sites (N-methyl/N-ethyl adjacent to an activating group) is 1. The van der Waals surface area contributed by atoms with Crippen LogP contribution < -0.4 is 10.1 Å². The minimum absolute atomic E-state index is 0.304. The second-order valence-corrected chi connectivity index (χ2v) is 5.71. The van der Waals surface area contributed by atoms with Crippen LogP contribution in [0.2, 0.25) is 0 Å². The van der Waals surface area contributed by atoms with Gasteiger partial charge in [0.2, 0.25) is 0 Å². The molecule has 1 fully saturated rings. The Labute approximate surface area is 128 Å². The monoisotopic (exact) mass is 292 g/mol. The number of para-hydroxylation sites is 1. The first-order valence-corrected chi connectivity index (χ1v) is 7.92. The number of ether oxygens (including phenoxy) is 2. The van der Waals surface area contributed by atoms with Crippen LogP contribution in [0, 0.1) is 0 Å². The summed E-state index contributed by atoms with van der Waals surface area (Å²) in [6.45, 7) is 9.38. The predicted molar refractivity (Wildman–Crippen MR) is 86.0 cm³/mol. The van der Waals surface area contributed by atoms with E-state index in [9.17, 15) is 0 Å². The van der Waals surface area contributed by atoms with Gasteiger partial charge in [-0.25, -0.2) is 0 Å². The van der Waals surface area contributed by atoms with Gasteiger partial charge in [-0.1, -0.05) is 25.1 Å². The summed E-state index contributed by atoms with van der Waals surface area (Å²) in [7, 11) is 1.73. The number of benzene rings is 1. The van der Waals surface area contributed by atoms with E-state index in [1.54, 1.807) is 7.11 Å². The lowest BCUT2D eigenvalue weighted by Gasteiger charge is -2.32. The van der Waals surface area contributed by atoms with Gasteiger partial charge in [0.1, 0.15) is 5.75 Å². The minimum Gasteiger partial charge on any atom is -0.496 e. The smallest absolute Gasteiger partial charge is 0.122 e. The molecule has 0 spiro atoms. The average molecular weight is 292 g/mol. The summed E-state index contributed by atoms with van der Waals surface area (Å²) in [6, 6.07) is 8.63. The van der Waals surface area contributed by atoms with E-state index in [2.05, 4.69) is 36.2 Å². The van der Waals surface area contributed by atoms with Crippen molar-refractivity contribution in [1.82, 2.24) is 10.2 Å². The number of hydrogen-bond acceptors (Lipinski definition) is 4. The fraction of sp³-hybridized carbons (Fsp3) is 0.647. The van der Waals surface area contributed by atoms with Crippen molar-refractivity contribution in [3.05, 3.63) is 29.8 Å². The van der Waals surface area contributed by atoms with Gasteiger partial charge >= 0.3 is 0 Å². The van der Waals surface area contributed by atoms with E-state index in [-0.39, 0.29) is 0 Å². The number of methoxy groups -OCH3 is 1. The zero-order valence-electron chi connectivity index (χ0n) is 13.5. The highest BCUT2D eigenvalue weighted by molar-refractivity contribution is 5.33. The molecule has 1 aliphatic rings. The Balaban J connectivity index is 1.78. The molecule has 0 amide bonds. The molecule has 1 saturated heterocycles. The Bertz CT molecular complexity index is 425. The molecule has 1 N–H and O–H groups in total. The fourth-order valence-corrected chi connectivity index (χ4v) is 2.80. The third kappa shape index (κ3) is 4.99. The van der Waals surface area contributed by atoms with Gasteiger partial charge in [0.25, 0.3) is 0 Å². The van der Waals surface area contributed by atoms with Crippen molar-refractivity contribution in [2.24, 2.45) is 0 Å². The lowest BCUT2D eigenvalue weighted by molar-refractivity contribution is -0.0261. The molecule has 21 heavy (non-hydrogen) atoms. The highest BCUT2D eigenvalue weighted by atomic mass is 16.5. The van der Waals surface area contributed by atoms with Gasteiger partial charge in [-0.3, -0.25) is 4.90 Å². The van der Waals surface area contributed by atoms with Crippen LogP contribution in [0.1, 0.15) is 19.4 Å². The molecule has 1 aliphatic heterocycles. The molecule has 0 radical (unpaired) electrons. The summed E-state index contributed by atoms with van der Waals surface area (Å²) in [5.74, 6) is 0.970. The molecule has 1 aromatic carbocycles. The van der Waals surface area contributed by atoms with Crippen molar-refractivity contribution in [3.8, 4) is 5.75 Å². The van der Waals surface area contributed by atoms with Crippen molar-refractivity contribution in [1.29, 1.82) is 0 Å². The van der Waals surface area contributed by atoms with Gasteiger partial charge in [-0.2, -0.15) is 0 Å². The van der Waals surface area contributed by atoms with Gasteiger partial charge < -0.3 is 14.8 Å². The fourth-order valence-electron chi connectivity index (χ4n) is 2.80. The van der Waals surface area contributed by atoms with Crippen LogP contribution in [0.25, 0.3) is 0 Å². The molecule has 4 heteroatoms. The first-order chi connectivity index (χ1) is 10.2. The summed E-state index contributed by atoms with van der Waals surface area (Å²) in [6.07, 6.45) is 1.27. The molecule has 4 nitrogen and oxygen atoms in total. The molecule has 1 heterocycles. The summed E-state index contributed by atoms with van der Waals surface area (Å²) in [5, 5.41) is 3.59. The van der Waals surface area contributed by atoms with E-state index < -0.39 is 0 Å². The minimum atomic E-state index is 0.304. The second kappa shape index (κ2) is 8.37. The summed E-state index contributed by atoms with van der Waals surface area (Å²) in [5.41, 5.74) is 1.25.